The lowest BCUT2D eigenvalue weighted by Crippen LogP contribution is -2.47. The summed E-state index contributed by atoms with van der Waals surface area (Å²) < 4.78 is 11.1. The first-order chi connectivity index (χ1) is 12.0. The van der Waals surface area contributed by atoms with Gasteiger partial charge in [0.15, 0.2) is 0 Å². The van der Waals surface area contributed by atoms with Crippen molar-refractivity contribution in [3.05, 3.63) is 24.2 Å². The van der Waals surface area contributed by atoms with Gasteiger partial charge in [-0.05, 0) is 31.4 Å². The predicted octanol–water partition coefficient (Wildman–Crippen LogP) is 2.18. The van der Waals surface area contributed by atoms with Crippen molar-refractivity contribution in [2.24, 2.45) is 0 Å². The zero-order chi connectivity index (χ0) is 18.2. The van der Waals surface area contributed by atoms with Crippen molar-refractivity contribution in [1.29, 1.82) is 0 Å². The van der Waals surface area contributed by atoms with Gasteiger partial charge in [0.1, 0.15) is 12.3 Å². The number of hydrogen-bond donors (Lipinski definition) is 0. The molecule has 1 fully saturated rings. The fourth-order valence-corrected chi connectivity index (χ4v) is 2.94. The van der Waals surface area contributed by atoms with Gasteiger partial charge in [-0.1, -0.05) is 6.92 Å². The van der Waals surface area contributed by atoms with E-state index in [-0.39, 0.29) is 24.6 Å². The van der Waals surface area contributed by atoms with Crippen LogP contribution in [0.1, 0.15) is 31.9 Å². The Morgan fingerprint density at radius 2 is 2.08 bits per heavy atom. The van der Waals surface area contributed by atoms with Crippen LogP contribution >= 0.6 is 0 Å². The van der Waals surface area contributed by atoms with E-state index < -0.39 is 0 Å². The molecule has 2 heterocycles. The number of nitrogens with zero attached hydrogens (tertiary/aromatic N) is 3. The minimum atomic E-state index is -0.148. The maximum atomic E-state index is 12.9. The molecular weight excluding hydrogens is 322 g/mol. The molecule has 1 aliphatic rings. The van der Waals surface area contributed by atoms with E-state index in [9.17, 15) is 9.59 Å². The van der Waals surface area contributed by atoms with E-state index in [1.165, 1.54) is 4.90 Å². The van der Waals surface area contributed by atoms with Crippen LogP contribution in [-0.2, 0) is 16.1 Å². The summed E-state index contributed by atoms with van der Waals surface area (Å²) in [4.78, 5) is 30.0. The van der Waals surface area contributed by atoms with Gasteiger partial charge >= 0.3 is 6.03 Å². The zero-order valence-corrected chi connectivity index (χ0v) is 15.4. The number of carbonyl (C=O) groups excluding carboxylic acids is 2. The number of ether oxygens (including phenoxy) is 1. The van der Waals surface area contributed by atoms with Crippen molar-refractivity contribution in [1.82, 2.24) is 14.7 Å². The summed E-state index contributed by atoms with van der Waals surface area (Å²) in [7, 11) is 3.39. The summed E-state index contributed by atoms with van der Waals surface area (Å²) in [5.74, 6) is 0.642. The van der Waals surface area contributed by atoms with Gasteiger partial charge in [-0.2, -0.15) is 0 Å². The molecule has 0 N–H and O–H groups in total. The van der Waals surface area contributed by atoms with Crippen LogP contribution in [-0.4, -0.2) is 73.1 Å². The molecule has 7 nitrogen and oxygen atoms in total. The van der Waals surface area contributed by atoms with Crippen LogP contribution in [0.4, 0.5) is 4.79 Å². The maximum absolute atomic E-state index is 12.9. The van der Waals surface area contributed by atoms with E-state index in [0.29, 0.717) is 19.6 Å². The normalized spacial score (nSPS) is 16.7. The predicted molar refractivity (Wildman–Crippen MR) is 94.0 cm³/mol. The summed E-state index contributed by atoms with van der Waals surface area (Å²) in [6.45, 7) is 4.27. The van der Waals surface area contributed by atoms with Crippen LogP contribution in [0.2, 0.25) is 0 Å². The summed E-state index contributed by atoms with van der Waals surface area (Å²) >= 11 is 0. The smallest absolute Gasteiger partial charge is 0.319 e. The Balaban J connectivity index is 2.04. The lowest BCUT2D eigenvalue weighted by Gasteiger charge is -2.30. The Morgan fingerprint density at radius 3 is 2.64 bits per heavy atom. The molecule has 1 saturated heterocycles. The molecule has 0 radical (unpaired) electrons. The van der Waals surface area contributed by atoms with Crippen molar-refractivity contribution in [2.45, 2.75) is 38.8 Å². The fraction of sp³-hybridized carbons (Fsp3) is 0.667. The minimum Gasteiger partial charge on any atom is -0.467 e. The third kappa shape index (κ3) is 5.77. The third-order valence-electron chi connectivity index (χ3n) is 4.20. The van der Waals surface area contributed by atoms with Gasteiger partial charge < -0.3 is 23.9 Å². The molecule has 0 unspecified atom stereocenters. The average Bonchev–Trinajstić information content (AvgIpc) is 3.26. The molecule has 3 amide bonds. The van der Waals surface area contributed by atoms with E-state index in [1.807, 2.05) is 19.1 Å². The molecule has 0 saturated carbocycles. The Labute approximate surface area is 149 Å². The van der Waals surface area contributed by atoms with Gasteiger partial charge in [0.25, 0.3) is 0 Å². The van der Waals surface area contributed by atoms with E-state index in [0.717, 1.165) is 31.6 Å². The number of amides is 3. The highest BCUT2D eigenvalue weighted by Crippen LogP contribution is 2.16. The van der Waals surface area contributed by atoms with Crippen LogP contribution in [0.15, 0.2) is 22.8 Å². The van der Waals surface area contributed by atoms with Gasteiger partial charge in [0.05, 0.1) is 18.9 Å². The van der Waals surface area contributed by atoms with E-state index in [1.54, 1.807) is 30.2 Å². The number of carbonyl (C=O) groups is 2. The van der Waals surface area contributed by atoms with Gasteiger partial charge in [-0.25, -0.2) is 4.79 Å². The van der Waals surface area contributed by atoms with Crippen LogP contribution in [0.25, 0.3) is 0 Å². The Kier molecular flexibility index (Phi) is 7.31. The fourth-order valence-electron chi connectivity index (χ4n) is 2.94. The van der Waals surface area contributed by atoms with Crippen molar-refractivity contribution in [2.75, 3.05) is 40.3 Å². The third-order valence-corrected chi connectivity index (χ3v) is 4.20. The molecule has 7 heteroatoms. The van der Waals surface area contributed by atoms with Crippen LogP contribution < -0.4 is 0 Å². The van der Waals surface area contributed by atoms with E-state index >= 15 is 0 Å². The first-order valence-corrected chi connectivity index (χ1v) is 8.89. The molecule has 1 atom stereocenters. The van der Waals surface area contributed by atoms with Crippen molar-refractivity contribution in [3.63, 3.8) is 0 Å². The summed E-state index contributed by atoms with van der Waals surface area (Å²) in [5.41, 5.74) is 0. The highest BCUT2D eigenvalue weighted by atomic mass is 16.5. The second kappa shape index (κ2) is 9.46. The Bertz CT molecular complexity index is 539. The van der Waals surface area contributed by atoms with Gasteiger partial charge in [0.2, 0.25) is 5.91 Å². The largest absolute Gasteiger partial charge is 0.467 e. The van der Waals surface area contributed by atoms with Crippen LogP contribution in [0.3, 0.4) is 0 Å². The number of furan rings is 1. The average molecular weight is 351 g/mol. The Hall–Kier alpha value is -2.02. The minimum absolute atomic E-state index is 0.0584. The molecule has 0 aromatic carbocycles. The van der Waals surface area contributed by atoms with E-state index in [2.05, 4.69) is 0 Å². The summed E-state index contributed by atoms with van der Waals surface area (Å²) in [6, 6.07) is 3.51. The molecular formula is C18H29N3O4. The molecule has 1 aliphatic heterocycles. The lowest BCUT2D eigenvalue weighted by atomic mass is 10.2. The number of rotatable bonds is 8. The number of urea groups is 1. The first-order valence-electron chi connectivity index (χ1n) is 8.89. The Morgan fingerprint density at radius 1 is 1.28 bits per heavy atom. The molecule has 0 spiro atoms. The van der Waals surface area contributed by atoms with Crippen molar-refractivity contribution in [3.8, 4) is 0 Å². The SMILES string of the molecule is CCCN(CC(=O)N(Cc1ccco1)C[C@H]1CCCO1)C(=O)N(C)C. The molecule has 0 aliphatic carbocycles. The van der Waals surface area contributed by atoms with Crippen molar-refractivity contribution < 1.29 is 18.7 Å². The summed E-state index contributed by atoms with van der Waals surface area (Å²) in [6.07, 6.45) is 4.44. The highest BCUT2D eigenvalue weighted by molar-refractivity contribution is 5.84. The second-order valence-corrected chi connectivity index (χ2v) is 6.59. The van der Waals surface area contributed by atoms with Gasteiger partial charge in [-0.15, -0.1) is 0 Å². The van der Waals surface area contributed by atoms with E-state index in [4.69, 9.17) is 9.15 Å². The first kappa shape index (κ1) is 19.3. The maximum Gasteiger partial charge on any atom is 0.319 e. The molecule has 140 valence electrons. The van der Waals surface area contributed by atoms with Crippen molar-refractivity contribution >= 4 is 11.9 Å². The molecule has 1 aromatic rings. The van der Waals surface area contributed by atoms with Crippen LogP contribution in [0.5, 0.6) is 0 Å². The standard InChI is InChI=1S/C18H29N3O4/c1-4-9-20(18(23)19(2)3)14-17(22)21(12-15-7-5-10-24-15)13-16-8-6-11-25-16/h5,7,10,16H,4,6,8-9,11-14H2,1-3H3/t16-/m1/s1. The van der Waals surface area contributed by atoms with Gasteiger partial charge in [-0.3, -0.25) is 4.79 Å². The van der Waals surface area contributed by atoms with Crippen LogP contribution in [0, 0.1) is 0 Å². The topological polar surface area (TPSA) is 66.2 Å². The molecule has 0 bridgehead atoms. The quantitative estimate of drug-likeness (QED) is 0.720. The monoisotopic (exact) mass is 351 g/mol. The summed E-state index contributed by atoms with van der Waals surface area (Å²) in [5, 5.41) is 0. The highest BCUT2D eigenvalue weighted by Gasteiger charge is 2.26. The zero-order valence-electron chi connectivity index (χ0n) is 15.4. The molecule has 1 aromatic heterocycles. The second-order valence-electron chi connectivity index (χ2n) is 6.59. The lowest BCUT2D eigenvalue weighted by molar-refractivity contribution is -0.134. The van der Waals surface area contributed by atoms with Gasteiger partial charge in [0, 0.05) is 33.8 Å². The number of hydrogen-bond acceptors (Lipinski definition) is 4. The molecule has 25 heavy (non-hydrogen) atoms. The molecule has 2 rings (SSSR count).